The molecule has 1 aliphatic heterocycles. The second-order valence-corrected chi connectivity index (χ2v) is 7.38. The fraction of sp³-hybridized carbons (Fsp3) is 0.474. The van der Waals surface area contributed by atoms with Crippen LogP contribution in [0.2, 0.25) is 0 Å². The van der Waals surface area contributed by atoms with Gasteiger partial charge in [-0.25, -0.2) is 9.59 Å². The molecule has 2 amide bonds. The van der Waals surface area contributed by atoms with E-state index in [1.807, 2.05) is 19.1 Å². The summed E-state index contributed by atoms with van der Waals surface area (Å²) < 4.78 is 5.23. The van der Waals surface area contributed by atoms with E-state index >= 15 is 0 Å². The Morgan fingerprint density at radius 2 is 2.28 bits per heavy atom. The van der Waals surface area contributed by atoms with Crippen LogP contribution in [0.4, 0.5) is 10.5 Å². The molecule has 2 N–H and O–H groups in total. The van der Waals surface area contributed by atoms with Crippen molar-refractivity contribution in [3.63, 3.8) is 0 Å². The number of fused-ring (bicyclic) bond motifs is 2. The van der Waals surface area contributed by atoms with E-state index in [1.165, 1.54) is 6.07 Å². The SMILES string of the molecule is Cc1cc(=O)oc2cc(NC(=O)N3C[C@H]4CCC[C@@]4(CO)C3)ccc12. The van der Waals surface area contributed by atoms with Gasteiger partial charge in [-0.2, -0.15) is 0 Å². The summed E-state index contributed by atoms with van der Waals surface area (Å²) >= 11 is 0. The van der Waals surface area contributed by atoms with Gasteiger partial charge in [0.05, 0.1) is 6.61 Å². The maximum absolute atomic E-state index is 12.6. The summed E-state index contributed by atoms with van der Waals surface area (Å²) in [6.45, 7) is 3.28. The molecule has 0 radical (unpaired) electrons. The molecule has 6 heteroatoms. The van der Waals surface area contributed by atoms with Gasteiger partial charge in [-0.1, -0.05) is 6.42 Å². The zero-order valence-electron chi connectivity index (χ0n) is 14.2. The fourth-order valence-corrected chi connectivity index (χ4v) is 4.43. The highest BCUT2D eigenvalue weighted by Crippen LogP contribution is 2.48. The van der Waals surface area contributed by atoms with Crippen molar-refractivity contribution in [2.24, 2.45) is 11.3 Å². The van der Waals surface area contributed by atoms with Crippen LogP contribution in [0.5, 0.6) is 0 Å². The minimum atomic E-state index is -0.397. The quantitative estimate of drug-likeness (QED) is 0.822. The molecule has 6 nitrogen and oxygen atoms in total. The van der Waals surface area contributed by atoms with E-state index in [0.29, 0.717) is 30.3 Å². The standard InChI is InChI=1S/C19H22N2O4/c1-12-7-17(23)25-16-8-14(4-5-15(12)16)20-18(24)21-9-13-3-2-6-19(13,10-21)11-22/h4-5,7-8,13,22H,2-3,6,9-11H2,1H3,(H,20,24)/t13-,19+/m1/s1. The Morgan fingerprint density at radius 3 is 3.04 bits per heavy atom. The van der Waals surface area contributed by atoms with Crippen LogP contribution in [0, 0.1) is 18.3 Å². The van der Waals surface area contributed by atoms with E-state index in [1.54, 1.807) is 11.0 Å². The molecule has 2 fully saturated rings. The molecule has 0 spiro atoms. The first-order chi connectivity index (χ1) is 12.0. The molecule has 1 aromatic heterocycles. The minimum Gasteiger partial charge on any atom is -0.423 e. The van der Waals surface area contributed by atoms with Gasteiger partial charge < -0.3 is 19.7 Å². The summed E-state index contributed by atoms with van der Waals surface area (Å²) in [6, 6.07) is 6.62. The summed E-state index contributed by atoms with van der Waals surface area (Å²) in [5.41, 5.74) is 1.39. The number of hydrogen-bond donors (Lipinski definition) is 2. The second-order valence-electron chi connectivity index (χ2n) is 7.38. The highest BCUT2D eigenvalue weighted by molar-refractivity contribution is 5.92. The number of rotatable bonds is 2. The van der Waals surface area contributed by atoms with E-state index in [0.717, 1.165) is 30.2 Å². The number of aliphatic hydroxyl groups excluding tert-OH is 1. The van der Waals surface area contributed by atoms with E-state index in [2.05, 4.69) is 5.32 Å². The number of nitrogens with zero attached hydrogens (tertiary/aromatic N) is 1. The van der Waals surface area contributed by atoms with Crippen molar-refractivity contribution in [1.82, 2.24) is 4.90 Å². The Hall–Kier alpha value is -2.34. The van der Waals surface area contributed by atoms with Gasteiger partial charge in [-0.15, -0.1) is 0 Å². The summed E-state index contributed by atoms with van der Waals surface area (Å²) in [5, 5.41) is 13.5. The predicted molar refractivity (Wildman–Crippen MR) is 94.7 cm³/mol. The van der Waals surface area contributed by atoms with Gasteiger partial charge >= 0.3 is 11.7 Å². The average molecular weight is 342 g/mol. The van der Waals surface area contributed by atoms with Gasteiger partial charge in [0.15, 0.2) is 0 Å². The Bertz CT molecular complexity index is 891. The normalized spacial score (nSPS) is 25.4. The Kier molecular flexibility index (Phi) is 3.80. The molecule has 1 aromatic carbocycles. The first-order valence-electron chi connectivity index (χ1n) is 8.72. The fourth-order valence-electron chi connectivity index (χ4n) is 4.43. The molecule has 0 unspecified atom stereocenters. The molecule has 2 aliphatic rings. The van der Waals surface area contributed by atoms with E-state index in [4.69, 9.17) is 4.42 Å². The van der Waals surface area contributed by atoms with Crippen molar-refractivity contribution >= 4 is 22.7 Å². The number of urea groups is 1. The van der Waals surface area contributed by atoms with Crippen molar-refractivity contribution in [1.29, 1.82) is 0 Å². The average Bonchev–Trinajstić information content (AvgIpc) is 3.11. The molecule has 0 bridgehead atoms. The lowest BCUT2D eigenvalue weighted by atomic mass is 9.82. The molecule has 1 saturated carbocycles. The van der Waals surface area contributed by atoms with Crippen LogP contribution in [0.25, 0.3) is 11.0 Å². The third-order valence-electron chi connectivity index (χ3n) is 5.84. The number of nitrogens with one attached hydrogen (secondary N) is 1. The van der Waals surface area contributed by atoms with Gasteiger partial charge in [0.2, 0.25) is 0 Å². The first-order valence-corrected chi connectivity index (χ1v) is 8.72. The zero-order valence-corrected chi connectivity index (χ0v) is 14.2. The first kappa shape index (κ1) is 16.1. The lowest BCUT2D eigenvalue weighted by molar-refractivity contribution is 0.114. The zero-order chi connectivity index (χ0) is 17.6. The Labute approximate surface area is 145 Å². The van der Waals surface area contributed by atoms with Crippen molar-refractivity contribution in [3.05, 3.63) is 40.2 Å². The number of carbonyl (C=O) groups excluding carboxylic acids is 1. The van der Waals surface area contributed by atoms with Crippen molar-refractivity contribution in [2.75, 3.05) is 25.0 Å². The number of carbonyl (C=O) groups is 1. The summed E-state index contributed by atoms with van der Waals surface area (Å²) in [4.78, 5) is 25.9. The number of aryl methyl sites for hydroxylation is 1. The number of hydrogen-bond acceptors (Lipinski definition) is 4. The second kappa shape index (κ2) is 5.88. The van der Waals surface area contributed by atoms with Crippen LogP contribution in [0.3, 0.4) is 0 Å². The van der Waals surface area contributed by atoms with Crippen LogP contribution in [-0.4, -0.2) is 35.7 Å². The molecule has 25 heavy (non-hydrogen) atoms. The highest BCUT2D eigenvalue weighted by atomic mass is 16.4. The van der Waals surface area contributed by atoms with Crippen LogP contribution >= 0.6 is 0 Å². The maximum Gasteiger partial charge on any atom is 0.336 e. The predicted octanol–water partition coefficient (Wildman–Crippen LogP) is 2.73. The summed E-state index contributed by atoms with van der Waals surface area (Å²) in [7, 11) is 0. The Balaban J connectivity index is 1.53. The number of likely N-dealkylation sites (tertiary alicyclic amines) is 1. The smallest absolute Gasteiger partial charge is 0.336 e. The van der Waals surface area contributed by atoms with Crippen LogP contribution in [0.15, 0.2) is 33.5 Å². The molecule has 2 heterocycles. The van der Waals surface area contributed by atoms with Gasteiger partial charge in [0, 0.05) is 41.7 Å². The number of benzene rings is 1. The molecule has 2 atom stereocenters. The molecule has 1 aliphatic carbocycles. The lowest BCUT2D eigenvalue weighted by Gasteiger charge is -2.25. The molecule has 1 saturated heterocycles. The van der Waals surface area contributed by atoms with Crippen LogP contribution in [0.1, 0.15) is 24.8 Å². The van der Waals surface area contributed by atoms with Crippen LogP contribution in [-0.2, 0) is 0 Å². The van der Waals surface area contributed by atoms with Gasteiger partial charge in [-0.05, 0) is 43.4 Å². The van der Waals surface area contributed by atoms with E-state index in [-0.39, 0.29) is 18.1 Å². The number of amides is 2. The topological polar surface area (TPSA) is 82.8 Å². The van der Waals surface area contributed by atoms with Crippen LogP contribution < -0.4 is 10.9 Å². The van der Waals surface area contributed by atoms with Crippen molar-refractivity contribution in [3.8, 4) is 0 Å². The molecular weight excluding hydrogens is 320 g/mol. The molecule has 2 aromatic rings. The van der Waals surface area contributed by atoms with Gasteiger partial charge in [0.25, 0.3) is 0 Å². The van der Waals surface area contributed by atoms with E-state index in [9.17, 15) is 14.7 Å². The number of anilines is 1. The van der Waals surface area contributed by atoms with Crippen molar-refractivity contribution in [2.45, 2.75) is 26.2 Å². The highest BCUT2D eigenvalue weighted by Gasteiger charge is 2.50. The number of aliphatic hydroxyl groups is 1. The third-order valence-corrected chi connectivity index (χ3v) is 5.84. The summed E-state index contributed by atoms with van der Waals surface area (Å²) in [5.74, 6) is 0.389. The molecular formula is C19H22N2O4. The molecule has 4 rings (SSSR count). The summed E-state index contributed by atoms with van der Waals surface area (Å²) in [6.07, 6.45) is 3.19. The third kappa shape index (κ3) is 2.70. The van der Waals surface area contributed by atoms with E-state index < -0.39 is 5.63 Å². The molecule has 132 valence electrons. The minimum absolute atomic E-state index is 0.120. The van der Waals surface area contributed by atoms with Gasteiger partial charge in [-0.3, -0.25) is 0 Å². The Morgan fingerprint density at radius 1 is 1.44 bits per heavy atom. The van der Waals surface area contributed by atoms with Gasteiger partial charge in [0.1, 0.15) is 5.58 Å². The maximum atomic E-state index is 12.6. The largest absolute Gasteiger partial charge is 0.423 e. The van der Waals surface area contributed by atoms with Crippen molar-refractivity contribution < 1.29 is 14.3 Å². The monoisotopic (exact) mass is 342 g/mol. The lowest BCUT2D eigenvalue weighted by Crippen LogP contribution is -2.36.